The van der Waals surface area contributed by atoms with Crippen molar-refractivity contribution < 1.29 is 13.2 Å². The van der Waals surface area contributed by atoms with E-state index in [2.05, 4.69) is 5.10 Å². The molecule has 0 aliphatic rings. The molecule has 0 spiro atoms. The molecule has 2 aromatic rings. The molecule has 0 fully saturated rings. The van der Waals surface area contributed by atoms with Gasteiger partial charge in [-0.2, -0.15) is 18.3 Å². The number of nitrogens with zero attached hydrogens (tertiary/aromatic N) is 2. The molecule has 6 heteroatoms. The van der Waals surface area contributed by atoms with Gasteiger partial charge in [-0.05, 0) is 30.3 Å². The quantitative estimate of drug-likeness (QED) is 0.754. The van der Waals surface area contributed by atoms with Gasteiger partial charge in [0.15, 0.2) is 0 Å². The summed E-state index contributed by atoms with van der Waals surface area (Å²) < 4.78 is 38.5. The number of aromatic nitrogens is 2. The minimum absolute atomic E-state index is 0.271. The second-order valence-corrected chi connectivity index (χ2v) is 3.70. The Balaban J connectivity index is 2.29. The first-order valence-electron chi connectivity index (χ1n) is 4.79. The Hall–Kier alpha value is -1.49. The lowest BCUT2D eigenvalue weighted by Crippen LogP contribution is -2.05. The predicted octanol–water partition coefficient (Wildman–Crippen LogP) is 3.63. The van der Waals surface area contributed by atoms with Crippen LogP contribution in [0.5, 0.6) is 0 Å². The second-order valence-electron chi connectivity index (χ2n) is 3.43. The van der Waals surface area contributed by atoms with Gasteiger partial charge >= 0.3 is 6.18 Å². The zero-order valence-electron chi connectivity index (χ0n) is 8.58. The van der Waals surface area contributed by atoms with Crippen molar-refractivity contribution in [3.05, 3.63) is 47.8 Å². The highest BCUT2D eigenvalue weighted by molar-refractivity contribution is 6.16. The molecule has 0 unspecified atom stereocenters. The number of benzene rings is 1. The van der Waals surface area contributed by atoms with Crippen LogP contribution in [0.2, 0.25) is 0 Å². The summed E-state index contributed by atoms with van der Waals surface area (Å²) >= 11 is 5.59. The summed E-state index contributed by atoms with van der Waals surface area (Å²) in [7, 11) is 0. The number of hydrogen-bond donors (Lipinski definition) is 0. The van der Waals surface area contributed by atoms with Crippen LogP contribution in [-0.2, 0) is 12.1 Å². The van der Waals surface area contributed by atoms with Crippen LogP contribution in [0.3, 0.4) is 0 Å². The summed E-state index contributed by atoms with van der Waals surface area (Å²) in [6.07, 6.45) is -2.66. The fourth-order valence-corrected chi connectivity index (χ4v) is 1.52. The molecule has 0 bridgehead atoms. The minimum Gasteiger partial charge on any atom is -0.241 e. The molecule has 0 aliphatic carbocycles. The molecule has 0 radical (unpaired) electrons. The van der Waals surface area contributed by atoms with E-state index in [4.69, 9.17) is 11.6 Å². The van der Waals surface area contributed by atoms with Crippen LogP contribution in [0, 0.1) is 0 Å². The van der Waals surface area contributed by atoms with E-state index in [0.717, 1.165) is 12.1 Å². The molecule has 1 heterocycles. The van der Waals surface area contributed by atoms with E-state index in [1.807, 2.05) is 0 Å². The topological polar surface area (TPSA) is 17.8 Å². The average molecular weight is 261 g/mol. The molecule has 2 nitrogen and oxygen atoms in total. The van der Waals surface area contributed by atoms with Gasteiger partial charge in [-0.25, -0.2) is 4.68 Å². The minimum atomic E-state index is -4.32. The van der Waals surface area contributed by atoms with Crippen LogP contribution in [0.1, 0.15) is 11.3 Å². The number of halogens is 4. The van der Waals surface area contributed by atoms with Gasteiger partial charge in [0.1, 0.15) is 0 Å². The Kier molecular flexibility index (Phi) is 3.11. The van der Waals surface area contributed by atoms with Crippen molar-refractivity contribution in [2.75, 3.05) is 0 Å². The van der Waals surface area contributed by atoms with Crippen molar-refractivity contribution in [2.45, 2.75) is 12.1 Å². The number of rotatable bonds is 2. The monoisotopic (exact) mass is 260 g/mol. The Labute approximate surface area is 101 Å². The van der Waals surface area contributed by atoms with Crippen molar-refractivity contribution in [3.63, 3.8) is 0 Å². The maximum Gasteiger partial charge on any atom is 0.416 e. The molecule has 0 saturated heterocycles. The third-order valence-corrected chi connectivity index (χ3v) is 2.51. The van der Waals surface area contributed by atoms with Crippen molar-refractivity contribution in [3.8, 4) is 5.69 Å². The molecular formula is C11H8ClF3N2. The molecular weight excluding hydrogens is 253 g/mol. The third kappa shape index (κ3) is 2.61. The van der Waals surface area contributed by atoms with E-state index in [-0.39, 0.29) is 5.88 Å². The number of hydrogen-bond acceptors (Lipinski definition) is 1. The summed E-state index contributed by atoms with van der Waals surface area (Å²) in [5.41, 5.74) is 0.562. The fraction of sp³-hybridized carbons (Fsp3) is 0.182. The van der Waals surface area contributed by atoms with Crippen LogP contribution in [0.25, 0.3) is 5.69 Å². The van der Waals surface area contributed by atoms with Gasteiger partial charge in [-0.3, -0.25) is 0 Å². The highest BCUT2D eigenvalue weighted by Crippen LogP contribution is 2.29. The van der Waals surface area contributed by atoms with Crippen molar-refractivity contribution in [2.24, 2.45) is 0 Å². The first-order valence-corrected chi connectivity index (χ1v) is 5.32. The number of alkyl halides is 4. The van der Waals surface area contributed by atoms with Gasteiger partial charge in [0.25, 0.3) is 0 Å². The summed E-state index contributed by atoms with van der Waals surface area (Å²) in [6, 6.07) is 6.50. The molecule has 2 rings (SSSR count). The van der Waals surface area contributed by atoms with Crippen molar-refractivity contribution >= 4 is 11.6 Å². The van der Waals surface area contributed by atoms with Crippen molar-refractivity contribution in [1.82, 2.24) is 9.78 Å². The van der Waals surface area contributed by atoms with Crippen molar-refractivity contribution in [1.29, 1.82) is 0 Å². The van der Waals surface area contributed by atoms with E-state index in [1.54, 1.807) is 12.3 Å². The molecule has 0 aliphatic heterocycles. The average Bonchev–Trinajstić information content (AvgIpc) is 2.76. The smallest absolute Gasteiger partial charge is 0.241 e. The predicted molar refractivity (Wildman–Crippen MR) is 58.1 cm³/mol. The zero-order chi connectivity index (χ0) is 12.5. The zero-order valence-corrected chi connectivity index (χ0v) is 9.33. The molecule has 90 valence electrons. The molecule has 1 aromatic carbocycles. The summed E-state index contributed by atoms with van der Waals surface area (Å²) in [5, 5.41) is 4.09. The standard InChI is InChI=1S/C11H8ClF3N2/c12-7-9-5-6-17(16-9)10-3-1-8(2-4-10)11(13,14)15/h1-6H,7H2. The SMILES string of the molecule is FC(F)(F)c1ccc(-n2ccc(CCl)n2)cc1. The van der Waals surface area contributed by atoms with Crippen LogP contribution >= 0.6 is 11.6 Å². The Morgan fingerprint density at radius 2 is 1.76 bits per heavy atom. The maximum absolute atomic E-state index is 12.3. The molecule has 0 atom stereocenters. The van der Waals surface area contributed by atoms with Gasteiger partial charge in [-0.1, -0.05) is 0 Å². The molecule has 0 saturated carbocycles. The molecule has 0 N–H and O–H groups in total. The Bertz CT molecular complexity index is 502. The van der Waals surface area contributed by atoms with E-state index in [9.17, 15) is 13.2 Å². The van der Waals surface area contributed by atoms with Crippen LogP contribution < -0.4 is 0 Å². The molecule has 17 heavy (non-hydrogen) atoms. The molecule has 1 aromatic heterocycles. The highest BCUT2D eigenvalue weighted by Gasteiger charge is 2.29. The van der Waals surface area contributed by atoms with Gasteiger partial charge in [0.2, 0.25) is 0 Å². The lowest BCUT2D eigenvalue weighted by molar-refractivity contribution is -0.137. The highest BCUT2D eigenvalue weighted by atomic mass is 35.5. The summed E-state index contributed by atoms with van der Waals surface area (Å²) in [5.74, 6) is 0.271. The van der Waals surface area contributed by atoms with Crippen LogP contribution in [-0.4, -0.2) is 9.78 Å². The maximum atomic E-state index is 12.3. The van der Waals surface area contributed by atoms with Gasteiger partial charge < -0.3 is 0 Å². The van der Waals surface area contributed by atoms with Gasteiger partial charge in [0.05, 0.1) is 22.8 Å². The summed E-state index contributed by atoms with van der Waals surface area (Å²) in [6.45, 7) is 0. The van der Waals surface area contributed by atoms with Crippen LogP contribution in [0.15, 0.2) is 36.5 Å². The summed E-state index contributed by atoms with van der Waals surface area (Å²) in [4.78, 5) is 0. The Morgan fingerprint density at radius 3 is 2.24 bits per heavy atom. The lowest BCUT2D eigenvalue weighted by Gasteiger charge is -2.07. The van der Waals surface area contributed by atoms with E-state index in [0.29, 0.717) is 11.4 Å². The van der Waals surface area contributed by atoms with Gasteiger partial charge in [0, 0.05) is 6.20 Å². The fourth-order valence-electron chi connectivity index (χ4n) is 1.38. The lowest BCUT2D eigenvalue weighted by atomic mass is 10.2. The van der Waals surface area contributed by atoms with E-state index >= 15 is 0 Å². The van der Waals surface area contributed by atoms with Gasteiger partial charge in [-0.15, -0.1) is 11.6 Å². The Morgan fingerprint density at radius 1 is 1.12 bits per heavy atom. The molecule has 0 amide bonds. The largest absolute Gasteiger partial charge is 0.416 e. The first-order chi connectivity index (χ1) is 8.00. The second kappa shape index (κ2) is 4.41. The first kappa shape index (κ1) is 12.0. The van der Waals surface area contributed by atoms with E-state index < -0.39 is 11.7 Å². The normalized spacial score (nSPS) is 11.8. The van der Waals surface area contributed by atoms with E-state index in [1.165, 1.54) is 16.8 Å². The van der Waals surface area contributed by atoms with Crippen LogP contribution in [0.4, 0.5) is 13.2 Å². The third-order valence-electron chi connectivity index (χ3n) is 2.24.